The molecule has 2 amide bonds. The second-order valence-corrected chi connectivity index (χ2v) is 6.60. The molecule has 1 atom stereocenters. The number of thiazole rings is 1. The molecule has 1 aliphatic heterocycles. The highest BCUT2D eigenvalue weighted by atomic mass is 32.1. The Labute approximate surface area is 133 Å². The maximum atomic E-state index is 12.3. The lowest BCUT2D eigenvalue weighted by Crippen LogP contribution is -2.29. The molecule has 1 aromatic carbocycles. The average Bonchev–Trinajstić information content (AvgIpc) is 3.08. The first-order valence-corrected chi connectivity index (χ1v) is 8.43. The zero-order chi connectivity index (χ0) is 15.5. The SMILES string of the molecule is CCCCN1CC(C(=O)Nc2nc3ccccc3s2)CC1=O. The van der Waals surface area contributed by atoms with Crippen LogP contribution in [0.2, 0.25) is 0 Å². The molecule has 0 saturated carbocycles. The summed E-state index contributed by atoms with van der Waals surface area (Å²) >= 11 is 1.46. The number of aromatic nitrogens is 1. The zero-order valence-electron chi connectivity index (χ0n) is 12.5. The Morgan fingerprint density at radius 3 is 3.05 bits per heavy atom. The van der Waals surface area contributed by atoms with Gasteiger partial charge in [0, 0.05) is 19.5 Å². The van der Waals surface area contributed by atoms with Crippen molar-refractivity contribution in [3.63, 3.8) is 0 Å². The summed E-state index contributed by atoms with van der Waals surface area (Å²) in [5.74, 6) is -0.291. The first-order valence-electron chi connectivity index (χ1n) is 7.61. The monoisotopic (exact) mass is 317 g/mol. The Morgan fingerprint density at radius 2 is 2.27 bits per heavy atom. The molecule has 1 unspecified atom stereocenters. The largest absolute Gasteiger partial charge is 0.342 e. The highest BCUT2D eigenvalue weighted by molar-refractivity contribution is 7.22. The van der Waals surface area contributed by atoms with Crippen molar-refractivity contribution in [2.75, 3.05) is 18.4 Å². The van der Waals surface area contributed by atoms with E-state index in [1.807, 2.05) is 24.3 Å². The number of carbonyl (C=O) groups excluding carboxylic acids is 2. The minimum atomic E-state index is -0.267. The van der Waals surface area contributed by atoms with E-state index in [1.165, 1.54) is 11.3 Å². The Morgan fingerprint density at radius 1 is 1.45 bits per heavy atom. The Hall–Kier alpha value is -1.95. The molecule has 1 aliphatic rings. The number of nitrogens with one attached hydrogen (secondary N) is 1. The van der Waals surface area contributed by atoms with Gasteiger partial charge in [-0.25, -0.2) is 4.98 Å². The van der Waals surface area contributed by atoms with E-state index >= 15 is 0 Å². The lowest BCUT2D eigenvalue weighted by Gasteiger charge is -2.15. The number of benzene rings is 1. The fraction of sp³-hybridized carbons (Fsp3) is 0.438. The number of para-hydroxylation sites is 1. The molecule has 6 heteroatoms. The minimum Gasteiger partial charge on any atom is -0.342 e. The molecule has 1 saturated heterocycles. The summed E-state index contributed by atoms with van der Waals surface area (Å²) in [6, 6.07) is 7.78. The van der Waals surface area contributed by atoms with Gasteiger partial charge < -0.3 is 10.2 Å². The molecule has 22 heavy (non-hydrogen) atoms. The third-order valence-electron chi connectivity index (χ3n) is 3.89. The maximum Gasteiger partial charge on any atom is 0.231 e. The summed E-state index contributed by atoms with van der Waals surface area (Å²) in [5.41, 5.74) is 0.884. The molecule has 3 rings (SSSR count). The van der Waals surface area contributed by atoms with Gasteiger partial charge in [-0.05, 0) is 18.6 Å². The number of amides is 2. The summed E-state index contributed by atoms with van der Waals surface area (Å²) in [4.78, 5) is 30.5. The Bertz CT molecular complexity index is 665. The number of hydrogen-bond acceptors (Lipinski definition) is 4. The van der Waals surface area contributed by atoms with Gasteiger partial charge >= 0.3 is 0 Å². The quantitative estimate of drug-likeness (QED) is 0.922. The lowest BCUT2D eigenvalue weighted by molar-refractivity contribution is -0.128. The van der Waals surface area contributed by atoms with Gasteiger partial charge in [0.15, 0.2) is 5.13 Å². The van der Waals surface area contributed by atoms with Gasteiger partial charge in [0.05, 0.1) is 16.1 Å². The number of anilines is 1. The summed E-state index contributed by atoms with van der Waals surface area (Å²) < 4.78 is 1.05. The molecule has 2 heterocycles. The molecule has 0 spiro atoms. The molecule has 1 fully saturated rings. The Balaban J connectivity index is 1.63. The number of fused-ring (bicyclic) bond motifs is 1. The molecule has 1 aromatic heterocycles. The van der Waals surface area contributed by atoms with Crippen LogP contribution in [0.25, 0.3) is 10.2 Å². The van der Waals surface area contributed by atoms with Crippen LogP contribution < -0.4 is 5.32 Å². The fourth-order valence-electron chi connectivity index (χ4n) is 2.65. The molecule has 0 radical (unpaired) electrons. The fourth-order valence-corrected chi connectivity index (χ4v) is 3.51. The van der Waals surface area contributed by atoms with E-state index in [0.717, 1.165) is 29.6 Å². The van der Waals surface area contributed by atoms with Crippen LogP contribution in [0.15, 0.2) is 24.3 Å². The van der Waals surface area contributed by atoms with Gasteiger partial charge in [-0.2, -0.15) is 0 Å². The number of carbonyl (C=O) groups is 2. The van der Waals surface area contributed by atoms with Crippen LogP contribution >= 0.6 is 11.3 Å². The molecule has 1 N–H and O–H groups in total. The predicted molar refractivity (Wildman–Crippen MR) is 87.8 cm³/mol. The number of likely N-dealkylation sites (tertiary alicyclic amines) is 1. The number of hydrogen-bond donors (Lipinski definition) is 1. The third-order valence-corrected chi connectivity index (χ3v) is 4.84. The highest BCUT2D eigenvalue weighted by Crippen LogP contribution is 2.27. The summed E-state index contributed by atoms with van der Waals surface area (Å²) in [7, 11) is 0. The van der Waals surface area contributed by atoms with Crippen molar-refractivity contribution in [2.45, 2.75) is 26.2 Å². The van der Waals surface area contributed by atoms with Crippen molar-refractivity contribution in [2.24, 2.45) is 5.92 Å². The highest BCUT2D eigenvalue weighted by Gasteiger charge is 2.34. The summed E-state index contributed by atoms with van der Waals surface area (Å²) in [6.07, 6.45) is 2.34. The smallest absolute Gasteiger partial charge is 0.231 e. The second-order valence-electron chi connectivity index (χ2n) is 5.57. The van der Waals surface area contributed by atoms with Crippen LogP contribution in [-0.2, 0) is 9.59 Å². The van der Waals surface area contributed by atoms with Gasteiger partial charge in [-0.15, -0.1) is 0 Å². The van der Waals surface area contributed by atoms with E-state index in [2.05, 4.69) is 17.2 Å². The average molecular weight is 317 g/mol. The van der Waals surface area contributed by atoms with Gasteiger partial charge in [-0.3, -0.25) is 9.59 Å². The van der Waals surface area contributed by atoms with Crippen LogP contribution in [0.1, 0.15) is 26.2 Å². The Kier molecular flexibility index (Phi) is 4.38. The van der Waals surface area contributed by atoms with E-state index < -0.39 is 0 Å². The number of nitrogens with zero attached hydrogens (tertiary/aromatic N) is 2. The van der Waals surface area contributed by atoms with Crippen molar-refractivity contribution in [3.8, 4) is 0 Å². The van der Waals surface area contributed by atoms with Gasteiger partial charge in [-0.1, -0.05) is 36.8 Å². The number of unbranched alkanes of at least 4 members (excludes halogenated alkanes) is 1. The molecule has 116 valence electrons. The molecular weight excluding hydrogens is 298 g/mol. The van der Waals surface area contributed by atoms with Crippen LogP contribution in [0, 0.1) is 5.92 Å². The predicted octanol–water partition coefficient (Wildman–Crippen LogP) is 2.88. The van der Waals surface area contributed by atoms with Crippen molar-refractivity contribution >= 4 is 38.5 Å². The molecular formula is C16H19N3O2S. The standard InChI is InChI=1S/C16H19N3O2S/c1-2-3-8-19-10-11(9-14(19)20)15(21)18-16-17-12-6-4-5-7-13(12)22-16/h4-7,11H,2-3,8-10H2,1H3,(H,17,18,21). The second kappa shape index (κ2) is 6.44. The van der Waals surface area contributed by atoms with Crippen LogP contribution in [0.4, 0.5) is 5.13 Å². The lowest BCUT2D eigenvalue weighted by atomic mass is 10.1. The van der Waals surface area contributed by atoms with E-state index in [-0.39, 0.29) is 17.7 Å². The van der Waals surface area contributed by atoms with Gasteiger partial charge in [0.1, 0.15) is 0 Å². The van der Waals surface area contributed by atoms with Crippen molar-refractivity contribution in [3.05, 3.63) is 24.3 Å². The van der Waals surface area contributed by atoms with E-state index in [0.29, 0.717) is 18.1 Å². The van der Waals surface area contributed by atoms with E-state index in [1.54, 1.807) is 4.90 Å². The molecule has 0 aliphatic carbocycles. The molecule has 0 bridgehead atoms. The van der Waals surface area contributed by atoms with Crippen LogP contribution in [-0.4, -0.2) is 34.8 Å². The summed E-state index contributed by atoms with van der Waals surface area (Å²) in [6.45, 7) is 3.37. The topological polar surface area (TPSA) is 62.3 Å². The van der Waals surface area contributed by atoms with Crippen molar-refractivity contribution in [1.82, 2.24) is 9.88 Å². The molecule has 5 nitrogen and oxygen atoms in total. The molecule has 2 aromatic rings. The summed E-state index contributed by atoms with van der Waals surface area (Å²) in [5, 5.41) is 3.46. The zero-order valence-corrected chi connectivity index (χ0v) is 13.4. The first-order chi connectivity index (χ1) is 10.7. The van der Waals surface area contributed by atoms with Gasteiger partial charge in [0.25, 0.3) is 0 Å². The van der Waals surface area contributed by atoms with E-state index in [9.17, 15) is 9.59 Å². The maximum absolute atomic E-state index is 12.3. The first kappa shape index (κ1) is 15.0. The van der Waals surface area contributed by atoms with Crippen LogP contribution in [0.5, 0.6) is 0 Å². The van der Waals surface area contributed by atoms with Crippen molar-refractivity contribution in [1.29, 1.82) is 0 Å². The third kappa shape index (κ3) is 3.11. The number of rotatable bonds is 5. The van der Waals surface area contributed by atoms with Gasteiger partial charge in [0.2, 0.25) is 11.8 Å². The van der Waals surface area contributed by atoms with Crippen molar-refractivity contribution < 1.29 is 9.59 Å². The normalized spacial score (nSPS) is 18.1. The van der Waals surface area contributed by atoms with Crippen LogP contribution in [0.3, 0.4) is 0 Å². The van der Waals surface area contributed by atoms with E-state index in [4.69, 9.17) is 0 Å². The minimum absolute atomic E-state index is 0.0814.